The summed E-state index contributed by atoms with van der Waals surface area (Å²) in [4.78, 5) is 12.1. The number of amides is 1. The summed E-state index contributed by atoms with van der Waals surface area (Å²) in [6, 6.07) is 9.60. The van der Waals surface area contributed by atoms with E-state index in [0.29, 0.717) is 6.42 Å². The monoisotopic (exact) mass is 262 g/mol. The van der Waals surface area contributed by atoms with E-state index in [2.05, 4.69) is 10.6 Å². The third kappa shape index (κ3) is 4.33. The smallest absolute Gasteiger partial charge is 0.237 e. The lowest BCUT2D eigenvalue weighted by Crippen LogP contribution is -2.51. The maximum Gasteiger partial charge on any atom is 0.237 e. The Morgan fingerprint density at radius 3 is 2.79 bits per heavy atom. The fraction of sp³-hybridized carbons (Fsp3) is 0.533. The van der Waals surface area contributed by atoms with E-state index >= 15 is 0 Å². The van der Waals surface area contributed by atoms with Gasteiger partial charge in [-0.25, -0.2) is 0 Å². The Morgan fingerprint density at radius 1 is 1.37 bits per heavy atom. The molecule has 0 aliphatic carbocycles. The second kappa shape index (κ2) is 7.26. The highest BCUT2D eigenvalue weighted by Gasteiger charge is 2.22. The Morgan fingerprint density at radius 2 is 2.16 bits per heavy atom. The van der Waals surface area contributed by atoms with Gasteiger partial charge in [0.25, 0.3) is 0 Å². The van der Waals surface area contributed by atoms with Crippen LogP contribution in [-0.4, -0.2) is 36.2 Å². The van der Waals surface area contributed by atoms with Crippen LogP contribution in [-0.2, 0) is 11.2 Å². The Balaban J connectivity index is 1.86. The van der Waals surface area contributed by atoms with Crippen molar-refractivity contribution in [1.29, 1.82) is 0 Å². The van der Waals surface area contributed by atoms with Crippen LogP contribution in [0.3, 0.4) is 0 Å². The van der Waals surface area contributed by atoms with E-state index in [1.165, 1.54) is 0 Å². The molecule has 1 saturated heterocycles. The van der Waals surface area contributed by atoms with Crippen molar-refractivity contribution in [2.45, 2.75) is 37.8 Å². The first-order valence-corrected chi connectivity index (χ1v) is 6.98. The van der Waals surface area contributed by atoms with E-state index in [1.807, 2.05) is 30.3 Å². The fourth-order valence-corrected chi connectivity index (χ4v) is 2.44. The van der Waals surface area contributed by atoms with E-state index < -0.39 is 0 Å². The highest BCUT2D eigenvalue weighted by atomic mass is 16.3. The Labute approximate surface area is 114 Å². The predicted octanol–water partition coefficient (Wildman–Crippen LogP) is 0.848. The van der Waals surface area contributed by atoms with E-state index in [1.54, 1.807) is 0 Å². The topological polar surface area (TPSA) is 61.4 Å². The zero-order valence-corrected chi connectivity index (χ0v) is 11.1. The van der Waals surface area contributed by atoms with Crippen molar-refractivity contribution in [2.24, 2.45) is 0 Å². The standard InChI is InChI=1S/C15H22N2O2/c18-11-13(10-12-6-2-1-3-7-12)17-15(19)14-8-4-5-9-16-14/h1-3,6-7,13-14,16,18H,4-5,8-11H2,(H,17,19)/t13-,14-/m0/s1. The SMILES string of the molecule is O=C(N[C@H](CO)Cc1ccccc1)[C@@H]1CCCCN1. The Hall–Kier alpha value is -1.39. The van der Waals surface area contributed by atoms with Crippen molar-refractivity contribution in [3.8, 4) is 0 Å². The lowest BCUT2D eigenvalue weighted by molar-refractivity contribution is -0.124. The molecule has 4 nitrogen and oxygen atoms in total. The quantitative estimate of drug-likeness (QED) is 0.737. The highest BCUT2D eigenvalue weighted by Crippen LogP contribution is 2.08. The lowest BCUT2D eigenvalue weighted by atomic mass is 10.0. The van der Waals surface area contributed by atoms with Crippen LogP contribution in [0.4, 0.5) is 0 Å². The molecular weight excluding hydrogens is 240 g/mol. The normalized spacial score (nSPS) is 20.8. The minimum Gasteiger partial charge on any atom is -0.394 e. The van der Waals surface area contributed by atoms with Gasteiger partial charge in [-0.15, -0.1) is 0 Å². The molecule has 1 heterocycles. The molecule has 0 radical (unpaired) electrons. The summed E-state index contributed by atoms with van der Waals surface area (Å²) in [5, 5.41) is 15.6. The summed E-state index contributed by atoms with van der Waals surface area (Å²) in [7, 11) is 0. The molecule has 0 spiro atoms. The average Bonchev–Trinajstić information content (AvgIpc) is 2.48. The molecule has 19 heavy (non-hydrogen) atoms. The molecule has 1 aromatic carbocycles. The van der Waals surface area contributed by atoms with Crippen LogP contribution in [0.25, 0.3) is 0 Å². The van der Waals surface area contributed by atoms with Gasteiger partial charge in [0.15, 0.2) is 0 Å². The van der Waals surface area contributed by atoms with Gasteiger partial charge in [-0.3, -0.25) is 4.79 Å². The van der Waals surface area contributed by atoms with Crippen molar-refractivity contribution in [1.82, 2.24) is 10.6 Å². The summed E-state index contributed by atoms with van der Waals surface area (Å²) in [5.41, 5.74) is 1.12. The minimum atomic E-state index is -0.210. The summed E-state index contributed by atoms with van der Waals surface area (Å²) in [6.07, 6.45) is 3.77. The first kappa shape index (κ1) is 14.0. The van der Waals surface area contributed by atoms with Gasteiger partial charge in [-0.05, 0) is 31.4 Å². The van der Waals surface area contributed by atoms with Crippen molar-refractivity contribution in [3.63, 3.8) is 0 Å². The Kier molecular flexibility index (Phi) is 5.36. The van der Waals surface area contributed by atoms with Crippen molar-refractivity contribution in [3.05, 3.63) is 35.9 Å². The van der Waals surface area contributed by atoms with Gasteiger partial charge in [-0.2, -0.15) is 0 Å². The molecule has 2 atom stereocenters. The Bertz CT molecular complexity index is 388. The minimum absolute atomic E-state index is 0.00896. The van der Waals surface area contributed by atoms with E-state index in [-0.39, 0.29) is 24.6 Å². The van der Waals surface area contributed by atoms with Gasteiger partial charge >= 0.3 is 0 Å². The van der Waals surface area contributed by atoms with Gasteiger partial charge in [-0.1, -0.05) is 36.8 Å². The van der Waals surface area contributed by atoms with E-state index in [4.69, 9.17) is 0 Å². The first-order chi connectivity index (χ1) is 9.29. The second-order valence-corrected chi connectivity index (χ2v) is 5.08. The summed E-state index contributed by atoms with van der Waals surface area (Å²) >= 11 is 0. The number of aliphatic hydroxyl groups excluding tert-OH is 1. The van der Waals surface area contributed by atoms with Crippen LogP contribution in [0.5, 0.6) is 0 Å². The van der Waals surface area contributed by atoms with Crippen molar-refractivity contribution < 1.29 is 9.90 Å². The zero-order chi connectivity index (χ0) is 13.5. The van der Waals surface area contributed by atoms with Gasteiger partial charge < -0.3 is 15.7 Å². The number of carbonyl (C=O) groups excluding carboxylic acids is 1. The number of benzene rings is 1. The maximum atomic E-state index is 12.1. The molecule has 4 heteroatoms. The number of rotatable bonds is 5. The predicted molar refractivity (Wildman–Crippen MR) is 74.8 cm³/mol. The van der Waals surface area contributed by atoms with Crippen LogP contribution in [0.1, 0.15) is 24.8 Å². The molecule has 1 aromatic rings. The molecule has 104 valence electrons. The highest BCUT2D eigenvalue weighted by molar-refractivity contribution is 5.82. The lowest BCUT2D eigenvalue weighted by Gasteiger charge is -2.25. The summed E-state index contributed by atoms with van der Waals surface area (Å²) < 4.78 is 0. The van der Waals surface area contributed by atoms with Gasteiger partial charge in [0.2, 0.25) is 5.91 Å². The first-order valence-electron chi connectivity index (χ1n) is 6.98. The van der Waals surface area contributed by atoms with Crippen molar-refractivity contribution >= 4 is 5.91 Å². The molecule has 0 bridgehead atoms. The molecule has 1 fully saturated rings. The van der Waals surface area contributed by atoms with Crippen molar-refractivity contribution in [2.75, 3.05) is 13.2 Å². The molecule has 1 amide bonds. The molecule has 1 aliphatic heterocycles. The van der Waals surface area contributed by atoms with E-state index in [0.717, 1.165) is 31.4 Å². The third-order valence-corrected chi connectivity index (χ3v) is 3.52. The van der Waals surface area contributed by atoms with Crippen LogP contribution in [0, 0.1) is 0 Å². The van der Waals surface area contributed by atoms with Crippen LogP contribution in [0.2, 0.25) is 0 Å². The second-order valence-electron chi connectivity index (χ2n) is 5.08. The molecular formula is C15H22N2O2. The number of hydrogen-bond donors (Lipinski definition) is 3. The zero-order valence-electron chi connectivity index (χ0n) is 11.1. The molecule has 2 rings (SSSR count). The molecule has 0 saturated carbocycles. The van der Waals surface area contributed by atoms with Crippen LogP contribution in [0.15, 0.2) is 30.3 Å². The molecule has 1 aliphatic rings. The van der Waals surface area contributed by atoms with Crippen LogP contribution < -0.4 is 10.6 Å². The number of hydrogen-bond acceptors (Lipinski definition) is 3. The summed E-state index contributed by atoms with van der Waals surface area (Å²) in [5.74, 6) is 0.00896. The van der Waals surface area contributed by atoms with Crippen LogP contribution >= 0.6 is 0 Å². The number of piperidine rings is 1. The summed E-state index contributed by atoms with van der Waals surface area (Å²) in [6.45, 7) is 0.869. The maximum absolute atomic E-state index is 12.1. The van der Waals surface area contributed by atoms with Gasteiger partial charge in [0.1, 0.15) is 0 Å². The largest absolute Gasteiger partial charge is 0.394 e. The molecule has 0 unspecified atom stereocenters. The van der Waals surface area contributed by atoms with E-state index in [9.17, 15) is 9.90 Å². The third-order valence-electron chi connectivity index (χ3n) is 3.52. The number of carbonyl (C=O) groups is 1. The fourth-order valence-electron chi connectivity index (χ4n) is 2.44. The molecule has 3 N–H and O–H groups in total. The number of nitrogens with one attached hydrogen (secondary N) is 2. The number of aliphatic hydroxyl groups is 1. The molecule has 0 aromatic heterocycles. The van der Waals surface area contributed by atoms with Gasteiger partial charge in [0, 0.05) is 0 Å². The van der Waals surface area contributed by atoms with Gasteiger partial charge in [0.05, 0.1) is 18.7 Å². The average molecular weight is 262 g/mol.